The van der Waals surface area contributed by atoms with Crippen LogP contribution in [0.25, 0.3) is 0 Å². The van der Waals surface area contributed by atoms with Gasteiger partial charge in [-0.15, -0.1) is 24.0 Å². The van der Waals surface area contributed by atoms with Crippen molar-refractivity contribution in [2.75, 3.05) is 52.4 Å². The molecule has 0 aliphatic carbocycles. The number of aliphatic hydroxyl groups is 1. The molecule has 3 N–H and O–H groups in total. The first kappa shape index (κ1) is 25.2. The van der Waals surface area contributed by atoms with Crippen LogP contribution in [0, 0.1) is 6.92 Å². The Balaban J connectivity index is 0.00000392. The van der Waals surface area contributed by atoms with Gasteiger partial charge in [-0.2, -0.15) is 0 Å². The van der Waals surface area contributed by atoms with Crippen LogP contribution >= 0.6 is 24.0 Å². The van der Waals surface area contributed by atoms with Crippen LogP contribution in [0.4, 0.5) is 0 Å². The quantitative estimate of drug-likeness (QED) is 0.284. The van der Waals surface area contributed by atoms with Crippen LogP contribution in [0.15, 0.2) is 21.5 Å². The standard InChI is InChI=1S/C20H37N5O2.HI/c1-6-21-19(23-15-20(5,26)18-9-8-17(4)27-18)22-14-16(3)25-12-10-24(7-2)11-13-25;/h8-9,16,26H,6-7,10-15H2,1-5H3,(H2,21,22,23);1H. The smallest absolute Gasteiger partial charge is 0.191 e. The molecule has 0 saturated carbocycles. The average molecular weight is 507 g/mol. The highest BCUT2D eigenvalue weighted by molar-refractivity contribution is 14.0. The van der Waals surface area contributed by atoms with Gasteiger partial charge in [-0.05, 0) is 46.4 Å². The van der Waals surface area contributed by atoms with Gasteiger partial charge >= 0.3 is 0 Å². The summed E-state index contributed by atoms with van der Waals surface area (Å²) < 4.78 is 5.57. The van der Waals surface area contributed by atoms with E-state index in [4.69, 9.17) is 4.42 Å². The van der Waals surface area contributed by atoms with Gasteiger partial charge in [0.05, 0.1) is 6.54 Å². The van der Waals surface area contributed by atoms with E-state index < -0.39 is 5.60 Å². The first-order valence-corrected chi connectivity index (χ1v) is 10.1. The van der Waals surface area contributed by atoms with Crippen LogP contribution in [-0.2, 0) is 5.60 Å². The fourth-order valence-electron chi connectivity index (χ4n) is 3.27. The monoisotopic (exact) mass is 507 g/mol. The molecule has 8 heteroatoms. The lowest BCUT2D eigenvalue weighted by atomic mass is 10.0. The molecule has 2 atom stereocenters. The number of aliphatic imine (C=N–C) groups is 1. The number of furan rings is 1. The van der Waals surface area contributed by atoms with E-state index in [1.54, 1.807) is 6.92 Å². The van der Waals surface area contributed by atoms with Gasteiger partial charge in [0, 0.05) is 45.3 Å². The Labute approximate surface area is 187 Å². The maximum atomic E-state index is 10.7. The summed E-state index contributed by atoms with van der Waals surface area (Å²) in [6, 6.07) is 4.10. The third kappa shape index (κ3) is 7.53. The Kier molecular flexibility index (Phi) is 10.8. The molecule has 1 saturated heterocycles. The van der Waals surface area contributed by atoms with Crippen LogP contribution in [0.3, 0.4) is 0 Å². The first-order chi connectivity index (χ1) is 12.9. The van der Waals surface area contributed by atoms with Crippen molar-refractivity contribution in [3.05, 3.63) is 23.7 Å². The Hall–Kier alpha value is -0.840. The summed E-state index contributed by atoms with van der Waals surface area (Å²) in [5.74, 6) is 2.05. The molecule has 7 nitrogen and oxygen atoms in total. The molecule has 0 amide bonds. The van der Waals surface area contributed by atoms with Gasteiger partial charge in [-0.25, -0.2) is 4.99 Å². The molecule has 1 aliphatic heterocycles. The number of nitrogens with one attached hydrogen (secondary N) is 2. The molecular weight excluding hydrogens is 469 g/mol. The zero-order chi connectivity index (χ0) is 19.9. The largest absolute Gasteiger partial charge is 0.463 e. The minimum absolute atomic E-state index is 0. The van der Waals surface area contributed by atoms with Crippen molar-refractivity contribution in [1.29, 1.82) is 0 Å². The van der Waals surface area contributed by atoms with Crippen LogP contribution in [-0.4, -0.2) is 79.3 Å². The number of rotatable bonds is 8. The summed E-state index contributed by atoms with van der Waals surface area (Å²) in [5, 5.41) is 17.3. The fraction of sp³-hybridized carbons (Fsp3) is 0.750. The topological polar surface area (TPSA) is 76.3 Å². The molecule has 2 unspecified atom stereocenters. The van der Waals surface area contributed by atoms with Gasteiger partial charge in [-0.3, -0.25) is 4.90 Å². The molecule has 0 radical (unpaired) electrons. The van der Waals surface area contributed by atoms with Gasteiger partial charge in [-0.1, -0.05) is 6.92 Å². The lowest BCUT2D eigenvalue weighted by molar-refractivity contribution is 0.0428. The molecule has 162 valence electrons. The van der Waals surface area contributed by atoms with Crippen LogP contribution in [0.5, 0.6) is 0 Å². The zero-order valence-corrected chi connectivity index (χ0v) is 20.3. The van der Waals surface area contributed by atoms with Gasteiger partial charge < -0.3 is 25.1 Å². The number of hydrogen-bond donors (Lipinski definition) is 3. The number of likely N-dealkylation sites (N-methyl/N-ethyl adjacent to an activating group) is 1. The van der Waals surface area contributed by atoms with Crippen LogP contribution < -0.4 is 10.6 Å². The molecule has 0 bridgehead atoms. The van der Waals surface area contributed by atoms with Crippen molar-refractivity contribution >= 4 is 29.9 Å². The molecule has 1 aromatic heterocycles. The summed E-state index contributed by atoms with van der Waals surface area (Å²) in [6.07, 6.45) is 0. The number of piperazine rings is 1. The van der Waals surface area contributed by atoms with E-state index in [9.17, 15) is 5.11 Å². The second kappa shape index (κ2) is 12.0. The molecule has 0 aromatic carbocycles. The predicted octanol–water partition coefficient (Wildman–Crippen LogP) is 1.99. The van der Waals surface area contributed by atoms with Crippen molar-refractivity contribution in [3.8, 4) is 0 Å². The highest BCUT2D eigenvalue weighted by atomic mass is 127. The molecule has 1 aromatic rings. The van der Waals surface area contributed by atoms with Crippen LogP contribution in [0.1, 0.15) is 39.2 Å². The van der Waals surface area contributed by atoms with Gasteiger partial charge in [0.2, 0.25) is 0 Å². The number of hydrogen-bond acceptors (Lipinski definition) is 5. The third-order valence-electron chi connectivity index (χ3n) is 5.20. The Morgan fingerprint density at radius 1 is 1.25 bits per heavy atom. The van der Waals surface area contributed by atoms with E-state index in [1.807, 2.05) is 26.0 Å². The molecule has 2 rings (SSSR count). The van der Waals surface area contributed by atoms with E-state index in [2.05, 4.69) is 39.3 Å². The van der Waals surface area contributed by atoms with E-state index >= 15 is 0 Å². The molecule has 28 heavy (non-hydrogen) atoms. The molecule has 0 spiro atoms. The minimum atomic E-state index is -1.13. The minimum Gasteiger partial charge on any atom is -0.463 e. The second-order valence-corrected chi connectivity index (χ2v) is 7.58. The molecule has 1 aliphatic rings. The van der Waals surface area contributed by atoms with Gasteiger partial charge in [0.1, 0.15) is 17.1 Å². The van der Waals surface area contributed by atoms with Crippen molar-refractivity contribution < 1.29 is 9.52 Å². The van der Waals surface area contributed by atoms with E-state index in [0.29, 0.717) is 11.8 Å². The van der Waals surface area contributed by atoms with E-state index in [-0.39, 0.29) is 30.5 Å². The van der Waals surface area contributed by atoms with Crippen LogP contribution in [0.2, 0.25) is 0 Å². The Morgan fingerprint density at radius 3 is 2.46 bits per heavy atom. The number of aryl methyl sites for hydroxylation is 1. The molecule has 1 fully saturated rings. The van der Waals surface area contributed by atoms with Crippen molar-refractivity contribution in [2.24, 2.45) is 4.99 Å². The maximum absolute atomic E-state index is 10.7. The highest BCUT2D eigenvalue weighted by Crippen LogP contribution is 2.23. The number of guanidine groups is 1. The molecule has 2 heterocycles. The average Bonchev–Trinajstić information content (AvgIpc) is 3.11. The lowest BCUT2D eigenvalue weighted by Crippen LogP contribution is -2.53. The summed E-state index contributed by atoms with van der Waals surface area (Å²) in [6.45, 7) is 17.6. The summed E-state index contributed by atoms with van der Waals surface area (Å²) in [7, 11) is 0. The summed E-state index contributed by atoms with van der Waals surface area (Å²) in [5.41, 5.74) is -1.13. The van der Waals surface area contributed by atoms with Crippen molar-refractivity contribution in [3.63, 3.8) is 0 Å². The Bertz CT molecular complexity index is 597. The maximum Gasteiger partial charge on any atom is 0.191 e. The summed E-state index contributed by atoms with van der Waals surface area (Å²) in [4.78, 5) is 9.58. The van der Waals surface area contributed by atoms with Crippen molar-refractivity contribution in [1.82, 2.24) is 20.4 Å². The lowest BCUT2D eigenvalue weighted by Gasteiger charge is -2.37. The highest BCUT2D eigenvalue weighted by Gasteiger charge is 2.27. The normalized spacial score (nSPS) is 19.6. The zero-order valence-electron chi connectivity index (χ0n) is 18.0. The van der Waals surface area contributed by atoms with Gasteiger partial charge in [0.25, 0.3) is 0 Å². The summed E-state index contributed by atoms with van der Waals surface area (Å²) >= 11 is 0. The predicted molar refractivity (Wildman–Crippen MR) is 126 cm³/mol. The first-order valence-electron chi connectivity index (χ1n) is 10.1. The number of nitrogens with zero attached hydrogens (tertiary/aromatic N) is 3. The SMILES string of the molecule is CCNC(=NCC(C)(O)c1ccc(C)o1)NCC(C)N1CCN(CC)CC1.I. The van der Waals surface area contributed by atoms with E-state index in [0.717, 1.165) is 57.5 Å². The van der Waals surface area contributed by atoms with Gasteiger partial charge in [0.15, 0.2) is 5.96 Å². The Morgan fingerprint density at radius 2 is 1.93 bits per heavy atom. The van der Waals surface area contributed by atoms with Crippen molar-refractivity contribution in [2.45, 2.75) is 46.3 Å². The van der Waals surface area contributed by atoms with E-state index in [1.165, 1.54) is 0 Å². The fourth-order valence-corrected chi connectivity index (χ4v) is 3.27. The molecular formula is C20H38IN5O2. The second-order valence-electron chi connectivity index (χ2n) is 7.58. The number of halogens is 1. The third-order valence-corrected chi connectivity index (χ3v) is 5.20.